The van der Waals surface area contributed by atoms with E-state index in [0.717, 1.165) is 17.5 Å². The molecule has 0 aromatic heterocycles. The van der Waals surface area contributed by atoms with E-state index in [2.05, 4.69) is 11.8 Å². The number of likely N-dealkylation sites (tertiary alicyclic amines) is 1. The number of nitrogens with zero attached hydrogens (tertiary/aromatic N) is 1. The van der Waals surface area contributed by atoms with Crippen molar-refractivity contribution in [1.29, 1.82) is 0 Å². The lowest BCUT2D eigenvalue weighted by atomic mass is 10.0. The molecule has 3 rings (SSSR count). The number of hydrogen-bond donors (Lipinski definition) is 1. The summed E-state index contributed by atoms with van der Waals surface area (Å²) in [6, 6.07) is 11.1. The normalized spacial score (nSPS) is 31.2. The van der Waals surface area contributed by atoms with Gasteiger partial charge in [0.15, 0.2) is 0 Å². The zero-order chi connectivity index (χ0) is 12.5. The third kappa shape index (κ3) is 2.08. The van der Waals surface area contributed by atoms with Gasteiger partial charge in [0.25, 0.3) is 0 Å². The molecule has 1 aromatic carbocycles. The van der Waals surface area contributed by atoms with Gasteiger partial charge in [-0.1, -0.05) is 36.8 Å². The maximum Gasteiger partial charge on any atom is 0.0942 e. The van der Waals surface area contributed by atoms with Crippen molar-refractivity contribution in [2.45, 2.75) is 50.8 Å². The fourth-order valence-corrected chi connectivity index (χ4v) is 3.89. The molecule has 2 fully saturated rings. The van der Waals surface area contributed by atoms with Crippen molar-refractivity contribution in [2.24, 2.45) is 5.92 Å². The minimum atomic E-state index is -0.356. The van der Waals surface area contributed by atoms with E-state index in [1.54, 1.807) is 0 Å². The van der Waals surface area contributed by atoms with Crippen LogP contribution in [-0.2, 0) is 0 Å². The van der Waals surface area contributed by atoms with Crippen LogP contribution in [0.25, 0.3) is 0 Å². The lowest BCUT2D eigenvalue weighted by molar-refractivity contribution is 0.0481. The molecular weight excluding hydrogens is 222 g/mol. The van der Waals surface area contributed by atoms with E-state index in [1.165, 1.54) is 32.2 Å². The molecule has 2 aliphatic rings. The molecule has 4 atom stereocenters. The van der Waals surface area contributed by atoms with E-state index in [4.69, 9.17) is 0 Å². The van der Waals surface area contributed by atoms with Gasteiger partial charge in [-0.3, -0.25) is 4.90 Å². The first-order valence-corrected chi connectivity index (χ1v) is 7.26. The van der Waals surface area contributed by atoms with E-state index < -0.39 is 0 Å². The predicted octanol–water partition coefficient (Wildman–Crippen LogP) is 2.98. The Morgan fingerprint density at radius 3 is 2.72 bits per heavy atom. The average Bonchev–Trinajstić information content (AvgIpc) is 3.00. The zero-order valence-electron chi connectivity index (χ0n) is 11.1. The lowest BCUT2D eigenvalue weighted by Gasteiger charge is -2.33. The Bertz CT molecular complexity index is 391. The van der Waals surface area contributed by atoms with Crippen LogP contribution in [0.1, 0.15) is 44.3 Å². The number of rotatable bonds is 3. The molecule has 0 unspecified atom stereocenters. The summed E-state index contributed by atoms with van der Waals surface area (Å²) < 4.78 is 0. The van der Waals surface area contributed by atoms with Crippen LogP contribution in [0.3, 0.4) is 0 Å². The van der Waals surface area contributed by atoms with Crippen LogP contribution < -0.4 is 0 Å². The predicted molar refractivity (Wildman–Crippen MR) is 73.3 cm³/mol. The third-order valence-corrected chi connectivity index (χ3v) is 4.92. The van der Waals surface area contributed by atoms with Crippen molar-refractivity contribution in [3.8, 4) is 0 Å². The standard InChI is InChI=1S/C16H23NO/c1-12(16(18)14-6-3-2-4-7-14)17-11-10-13-8-5-9-15(13)17/h2-4,6-7,12-13,15-16,18H,5,8-11H2,1H3/t12-,13-,15-,16-/m0/s1. The number of benzene rings is 1. The average molecular weight is 245 g/mol. The van der Waals surface area contributed by atoms with E-state index in [9.17, 15) is 5.11 Å². The Kier molecular flexibility index (Phi) is 3.40. The summed E-state index contributed by atoms with van der Waals surface area (Å²) in [6.07, 6.45) is 5.08. The van der Waals surface area contributed by atoms with Gasteiger partial charge in [-0.25, -0.2) is 0 Å². The molecule has 1 saturated heterocycles. The third-order valence-electron chi connectivity index (χ3n) is 4.92. The van der Waals surface area contributed by atoms with Crippen LogP contribution in [0.4, 0.5) is 0 Å². The van der Waals surface area contributed by atoms with Gasteiger partial charge in [0.05, 0.1) is 6.10 Å². The van der Waals surface area contributed by atoms with E-state index in [-0.39, 0.29) is 12.1 Å². The van der Waals surface area contributed by atoms with Crippen molar-refractivity contribution < 1.29 is 5.11 Å². The fraction of sp³-hybridized carbons (Fsp3) is 0.625. The van der Waals surface area contributed by atoms with Gasteiger partial charge in [-0.2, -0.15) is 0 Å². The maximum atomic E-state index is 10.5. The van der Waals surface area contributed by atoms with Crippen LogP contribution in [0, 0.1) is 5.92 Å². The van der Waals surface area contributed by atoms with Gasteiger partial charge in [0, 0.05) is 12.1 Å². The Morgan fingerprint density at radius 2 is 1.94 bits per heavy atom. The molecule has 18 heavy (non-hydrogen) atoms. The minimum Gasteiger partial charge on any atom is -0.387 e. The second-order valence-electron chi connectivity index (χ2n) is 5.88. The monoisotopic (exact) mass is 245 g/mol. The van der Waals surface area contributed by atoms with E-state index >= 15 is 0 Å². The van der Waals surface area contributed by atoms with Crippen LogP contribution in [0.2, 0.25) is 0 Å². The van der Waals surface area contributed by atoms with Crippen molar-refractivity contribution in [2.75, 3.05) is 6.54 Å². The largest absolute Gasteiger partial charge is 0.387 e. The van der Waals surface area contributed by atoms with Gasteiger partial charge in [0.1, 0.15) is 0 Å². The second-order valence-corrected chi connectivity index (χ2v) is 5.88. The summed E-state index contributed by atoms with van der Waals surface area (Å²) in [7, 11) is 0. The zero-order valence-corrected chi connectivity index (χ0v) is 11.1. The van der Waals surface area contributed by atoms with E-state index in [0.29, 0.717) is 0 Å². The molecule has 2 nitrogen and oxygen atoms in total. The molecule has 2 heteroatoms. The van der Waals surface area contributed by atoms with Crippen molar-refractivity contribution in [3.63, 3.8) is 0 Å². The minimum absolute atomic E-state index is 0.237. The van der Waals surface area contributed by atoms with Gasteiger partial charge >= 0.3 is 0 Å². The molecule has 1 aliphatic heterocycles. The molecule has 1 aromatic rings. The Morgan fingerprint density at radius 1 is 1.17 bits per heavy atom. The molecule has 0 radical (unpaired) electrons. The van der Waals surface area contributed by atoms with Crippen molar-refractivity contribution in [3.05, 3.63) is 35.9 Å². The van der Waals surface area contributed by atoms with Crippen LogP contribution in [0.15, 0.2) is 30.3 Å². The van der Waals surface area contributed by atoms with Gasteiger partial charge in [-0.05, 0) is 44.2 Å². The highest BCUT2D eigenvalue weighted by atomic mass is 16.3. The lowest BCUT2D eigenvalue weighted by Crippen LogP contribution is -2.41. The highest BCUT2D eigenvalue weighted by molar-refractivity contribution is 5.19. The fourth-order valence-electron chi connectivity index (χ4n) is 3.89. The van der Waals surface area contributed by atoms with Gasteiger partial charge < -0.3 is 5.11 Å². The smallest absolute Gasteiger partial charge is 0.0942 e. The topological polar surface area (TPSA) is 23.5 Å². The molecular formula is C16H23NO. The molecule has 0 amide bonds. The highest BCUT2D eigenvalue weighted by Crippen LogP contribution is 2.40. The first-order valence-electron chi connectivity index (χ1n) is 7.26. The second kappa shape index (κ2) is 5.02. The molecule has 1 heterocycles. The summed E-state index contributed by atoms with van der Waals surface area (Å²) in [5.74, 6) is 0.899. The first kappa shape index (κ1) is 12.2. The van der Waals surface area contributed by atoms with Gasteiger partial charge in [0.2, 0.25) is 0 Å². The maximum absolute atomic E-state index is 10.5. The quantitative estimate of drug-likeness (QED) is 0.885. The first-order chi connectivity index (χ1) is 8.77. The van der Waals surface area contributed by atoms with Crippen LogP contribution in [-0.4, -0.2) is 28.6 Å². The Hall–Kier alpha value is -0.860. The van der Waals surface area contributed by atoms with Crippen molar-refractivity contribution >= 4 is 0 Å². The molecule has 0 bridgehead atoms. The Labute approximate surface area is 110 Å². The summed E-state index contributed by atoms with van der Waals surface area (Å²) in [6.45, 7) is 3.35. The van der Waals surface area contributed by atoms with Crippen LogP contribution >= 0.6 is 0 Å². The number of aliphatic hydroxyl groups excluding tert-OH is 1. The van der Waals surface area contributed by atoms with Crippen LogP contribution in [0.5, 0.6) is 0 Å². The SMILES string of the molecule is C[C@@H]([C@H](O)c1ccccc1)N1CC[C@@H]2CCC[C@@H]21. The number of fused-ring (bicyclic) bond motifs is 1. The summed E-state index contributed by atoms with van der Waals surface area (Å²) in [5.41, 5.74) is 1.05. The Balaban J connectivity index is 1.72. The number of hydrogen-bond acceptors (Lipinski definition) is 2. The summed E-state index contributed by atoms with van der Waals surface area (Å²) >= 11 is 0. The van der Waals surface area contributed by atoms with Gasteiger partial charge in [-0.15, -0.1) is 0 Å². The van der Waals surface area contributed by atoms with E-state index in [1.807, 2.05) is 30.3 Å². The number of aliphatic hydroxyl groups is 1. The molecule has 98 valence electrons. The van der Waals surface area contributed by atoms with Crippen molar-refractivity contribution in [1.82, 2.24) is 4.90 Å². The molecule has 1 saturated carbocycles. The molecule has 1 aliphatic carbocycles. The highest BCUT2D eigenvalue weighted by Gasteiger charge is 2.40. The summed E-state index contributed by atoms with van der Waals surface area (Å²) in [5, 5.41) is 10.5. The summed E-state index contributed by atoms with van der Waals surface area (Å²) in [4.78, 5) is 2.55. The molecule has 0 spiro atoms. The molecule has 1 N–H and O–H groups in total.